The van der Waals surface area contributed by atoms with E-state index in [1.807, 2.05) is 11.8 Å². The molecule has 2 aliphatic rings. The van der Waals surface area contributed by atoms with Gasteiger partial charge in [0, 0.05) is 5.75 Å². The largest absolute Gasteiger partial charge is 0.377 e. The van der Waals surface area contributed by atoms with Crippen molar-refractivity contribution in [3.8, 4) is 0 Å². The first kappa shape index (κ1) is 6.01. The Morgan fingerprint density at radius 1 is 1.33 bits per heavy atom. The van der Waals surface area contributed by atoms with Gasteiger partial charge in [-0.05, 0) is 0 Å². The van der Waals surface area contributed by atoms with Crippen LogP contribution in [0.1, 0.15) is 0 Å². The summed E-state index contributed by atoms with van der Waals surface area (Å²) < 4.78 is 10.7. The molecular formula is C6H10O2S. The number of hydrogen-bond donors (Lipinski definition) is 0. The van der Waals surface area contributed by atoms with Crippen molar-refractivity contribution in [1.29, 1.82) is 0 Å². The molecule has 0 radical (unpaired) electrons. The van der Waals surface area contributed by atoms with Gasteiger partial charge in [0.15, 0.2) is 0 Å². The summed E-state index contributed by atoms with van der Waals surface area (Å²) in [6, 6.07) is 0. The molecule has 2 unspecified atom stereocenters. The van der Waals surface area contributed by atoms with Gasteiger partial charge >= 0.3 is 0 Å². The number of rotatable bonds is 0. The first-order valence-electron chi connectivity index (χ1n) is 3.28. The molecule has 0 spiro atoms. The van der Waals surface area contributed by atoms with Gasteiger partial charge in [0.05, 0.1) is 31.2 Å². The Morgan fingerprint density at radius 2 is 2.33 bits per heavy atom. The van der Waals surface area contributed by atoms with E-state index in [1.165, 1.54) is 0 Å². The molecule has 0 N–H and O–H groups in total. The van der Waals surface area contributed by atoms with Gasteiger partial charge in [-0.1, -0.05) is 0 Å². The van der Waals surface area contributed by atoms with E-state index in [2.05, 4.69) is 0 Å². The molecule has 2 heterocycles. The predicted molar refractivity (Wildman–Crippen MR) is 36.8 cm³/mol. The monoisotopic (exact) mass is 146 g/mol. The maximum absolute atomic E-state index is 5.46. The van der Waals surface area contributed by atoms with Crippen LogP contribution >= 0.6 is 11.8 Å². The van der Waals surface area contributed by atoms with E-state index in [0.29, 0.717) is 11.4 Å². The highest BCUT2D eigenvalue weighted by atomic mass is 32.2. The van der Waals surface area contributed by atoms with Gasteiger partial charge in [-0.3, -0.25) is 0 Å². The highest BCUT2D eigenvalue weighted by Gasteiger charge is 2.31. The van der Waals surface area contributed by atoms with E-state index in [1.54, 1.807) is 0 Å². The van der Waals surface area contributed by atoms with Crippen molar-refractivity contribution in [2.75, 3.05) is 25.6 Å². The SMILES string of the molecule is C1CSC2COCC2O1. The molecule has 3 heteroatoms. The highest BCUT2D eigenvalue weighted by molar-refractivity contribution is 8.00. The summed E-state index contributed by atoms with van der Waals surface area (Å²) in [6.45, 7) is 2.63. The molecule has 52 valence electrons. The predicted octanol–water partition coefficient (Wildman–Crippen LogP) is 0.517. The third-order valence-corrected chi connectivity index (χ3v) is 3.00. The summed E-state index contributed by atoms with van der Waals surface area (Å²) in [6.07, 6.45) is 0.406. The summed E-state index contributed by atoms with van der Waals surface area (Å²) in [4.78, 5) is 0. The highest BCUT2D eigenvalue weighted by Crippen LogP contribution is 2.26. The van der Waals surface area contributed by atoms with E-state index >= 15 is 0 Å². The average Bonchev–Trinajstić information content (AvgIpc) is 2.33. The van der Waals surface area contributed by atoms with Crippen LogP contribution in [0, 0.1) is 0 Å². The van der Waals surface area contributed by atoms with E-state index in [-0.39, 0.29) is 0 Å². The molecule has 0 aromatic rings. The number of ether oxygens (including phenoxy) is 2. The zero-order valence-electron chi connectivity index (χ0n) is 5.21. The molecule has 2 rings (SSSR count). The molecule has 2 atom stereocenters. The second-order valence-corrected chi connectivity index (χ2v) is 3.70. The van der Waals surface area contributed by atoms with Gasteiger partial charge in [-0.15, -0.1) is 0 Å². The summed E-state index contributed by atoms with van der Waals surface area (Å²) in [5.74, 6) is 1.14. The Bertz CT molecular complexity index is 95.2. The average molecular weight is 146 g/mol. The molecule has 0 aliphatic carbocycles. The van der Waals surface area contributed by atoms with Crippen LogP contribution in [0.3, 0.4) is 0 Å². The standard InChI is InChI=1S/C6H10O2S/c1-2-9-6-4-7-3-5(6)8-1/h5-6H,1-4H2. The van der Waals surface area contributed by atoms with E-state index < -0.39 is 0 Å². The molecule has 2 aliphatic heterocycles. The molecule has 0 saturated carbocycles. The lowest BCUT2D eigenvalue weighted by Gasteiger charge is -2.22. The van der Waals surface area contributed by atoms with Crippen molar-refractivity contribution in [1.82, 2.24) is 0 Å². The van der Waals surface area contributed by atoms with Gasteiger partial charge in [0.2, 0.25) is 0 Å². The smallest absolute Gasteiger partial charge is 0.0949 e. The molecule has 2 nitrogen and oxygen atoms in total. The fourth-order valence-electron chi connectivity index (χ4n) is 1.22. The topological polar surface area (TPSA) is 18.5 Å². The zero-order chi connectivity index (χ0) is 6.10. The summed E-state index contributed by atoms with van der Waals surface area (Å²) in [5.41, 5.74) is 0. The van der Waals surface area contributed by atoms with Crippen LogP contribution in [0.15, 0.2) is 0 Å². The molecule has 9 heavy (non-hydrogen) atoms. The third kappa shape index (κ3) is 1.09. The van der Waals surface area contributed by atoms with Crippen LogP contribution in [0.2, 0.25) is 0 Å². The summed E-state index contributed by atoms with van der Waals surface area (Å²) in [5, 5.41) is 0.638. The molecule has 0 aromatic heterocycles. The summed E-state index contributed by atoms with van der Waals surface area (Å²) >= 11 is 1.98. The Hall–Kier alpha value is 0.270. The van der Waals surface area contributed by atoms with E-state index in [9.17, 15) is 0 Å². The zero-order valence-corrected chi connectivity index (χ0v) is 6.02. The van der Waals surface area contributed by atoms with Gasteiger partial charge in [-0.2, -0.15) is 11.8 Å². The molecule has 2 saturated heterocycles. The van der Waals surface area contributed by atoms with Crippen LogP contribution in [0.25, 0.3) is 0 Å². The summed E-state index contributed by atoms with van der Waals surface area (Å²) in [7, 11) is 0. The van der Waals surface area contributed by atoms with Crippen LogP contribution in [-0.4, -0.2) is 36.9 Å². The maximum Gasteiger partial charge on any atom is 0.0949 e. The van der Waals surface area contributed by atoms with Crippen molar-refractivity contribution in [3.05, 3.63) is 0 Å². The van der Waals surface area contributed by atoms with Crippen molar-refractivity contribution in [2.24, 2.45) is 0 Å². The van der Waals surface area contributed by atoms with E-state index in [4.69, 9.17) is 9.47 Å². The molecule has 0 aromatic carbocycles. The van der Waals surface area contributed by atoms with Crippen molar-refractivity contribution < 1.29 is 9.47 Å². The minimum Gasteiger partial charge on any atom is -0.377 e. The van der Waals surface area contributed by atoms with Crippen molar-refractivity contribution in [2.45, 2.75) is 11.4 Å². The van der Waals surface area contributed by atoms with Crippen LogP contribution in [-0.2, 0) is 9.47 Å². The minimum absolute atomic E-state index is 0.406. The molecule has 2 fully saturated rings. The minimum atomic E-state index is 0.406. The van der Waals surface area contributed by atoms with E-state index in [0.717, 1.165) is 25.6 Å². The second kappa shape index (κ2) is 2.48. The third-order valence-electron chi connectivity index (χ3n) is 1.73. The van der Waals surface area contributed by atoms with Gasteiger partial charge in [0.25, 0.3) is 0 Å². The lowest BCUT2D eigenvalue weighted by molar-refractivity contribution is 0.0500. The molecular weight excluding hydrogens is 136 g/mol. The lowest BCUT2D eigenvalue weighted by atomic mass is 10.3. The van der Waals surface area contributed by atoms with Gasteiger partial charge in [-0.25, -0.2) is 0 Å². The van der Waals surface area contributed by atoms with Crippen LogP contribution in [0.4, 0.5) is 0 Å². The Balaban J connectivity index is 1.97. The normalized spacial score (nSPS) is 42.7. The van der Waals surface area contributed by atoms with Crippen LogP contribution < -0.4 is 0 Å². The lowest BCUT2D eigenvalue weighted by Crippen LogP contribution is -2.30. The van der Waals surface area contributed by atoms with Gasteiger partial charge in [0.1, 0.15) is 0 Å². The molecule has 0 amide bonds. The Morgan fingerprint density at radius 3 is 3.22 bits per heavy atom. The first-order valence-corrected chi connectivity index (χ1v) is 4.32. The first-order chi connectivity index (χ1) is 4.47. The van der Waals surface area contributed by atoms with Crippen LogP contribution in [0.5, 0.6) is 0 Å². The second-order valence-electron chi connectivity index (χ2n) is 2.36. The number of thioether (sulfide) groups is 1. The molecule has 0 bridgehead atoms. The quantitative estimate of drug-likeness (QED) is 0.496. The number of hydrogen-bond acceptors (Lipinski definition) is 3. The fraction of sp³-hybridized carbons (Fsp3) is 1.00. The Kier molecular flexibility index (Phi) is 1.66. The fourth-order valence-corrected chi connectivity index (χ4v) is 2.28. The number of fused-ring (bicyclic) bond motifs is 1. The Labute approximate surface area is 58.9 Å². The van der Waals surface area contributed by atoms with Gasteiger partial charge < -0.3 is 9.47 Å². The van der Waals surface area contributed by atoms with Crippen molar-refractivity contribution in [3.63, 3.8) is 0 Å². The maximum atomic E-state index is 5.46. The van der Waals surface area contributed by atoms with Crippen molar-refractivity contribution >= 4 is 11.8 Å².